The Labute approximate surface area is 124 Å². The minimum Gasteiger partial charge on any atom is -0.495 e. The number of hydrogen-bond acceptors (Lipinski definition) is 4. The number of methoxy groups -OCH3 is 1. The molecular weight excluding hydrogens is 330 g/mol. The van der Waals surface area contributed by atoms with E-state index in [2.05, 4.69) is 32.3 Å². The van der Waals surface area contributed by atoms with Crippen LogP contribution in [0.4, 0.5) is 11.5 Å². The second-order valence-corrected chi connectivity index (χ2v) is 4.98. The highest BCUT2D eigenvalue weighted by molar-refractivity contribution is 9.10. The van der Waals surface area contributed by atoms with Crippen LogP contribution in [0.25, 0.3) is 0 Å². The molecule has 0 fully saturated rings. The molecule has 19 heavy (non-hydrogen) atoms. The lowest BCUT2D eigenvalue weighted by Crippen LogP contribution is -1.99. The van der Waals surface area contributed by atoms with Gasteiger partial charge in [-0.1, -0.05) is 11.6 Å². The first-order valence-corrected chi connectivity index (χ1v) is 6.47. The molecule has 0 bridgehead atoms. The lowest BCUT2D eigenvalue weighted by molar-refractivity contribution is 0.417. The molecule has 0 radical (unpaired) electrons. The number of nitrogens with one attached hydrogen (secondary N) is 1. The first-order valence-electron chi connectivity index (χ1n) is 5.30. The Morgan fingerprint density at radius 2 is 2.21 bits per heavy atom. The van der Waals surface area contributed by atoms with Crippen LogP contribution in [-0.4, -0.2) is 12.1 Å². The summed E-state index contributed by atoms with van der Waals surface area (Å²) in [4.78, 5) is 4.17. The SMILES string of the molecule is COc1ccc(Cl)cc1Nc1ncc(Br)cc1C#N. The van der Waals surface area contributed by atoms with Crippen molar-refractivity contribution in [1.82, 2.24) is 4.98 Å². The van der Waals surface area contributed by atoms with E-state index in [-0.39, 0.29) is 0 Å². The first-order chi connectivity index (χ1) is 9.13. The van der Waals surface area contributed by atoms with Gasteiger partial charge in [-0.25, -0.2) is 4.98 Å². The lowest BCUT2D eigenvalue weighted by Gasteiger charge is -2.11. The Balaban J connectivity index is 2.41. The predicted molar refractivity (Wildman–Crippen MR) is 77.9 cm³/mol. The van der Waals surface area contributed by atoms with Crippen LogP contribution in [0.3, 0.4) is 0 Å². The molecule has 0 saturated heterocycles. The van der Waals surface area contributed by atoms with E-state index >= 15 is 0 Å². The molecule has 2 aromatic rings. The van der Waals surface area contributed by atoms with Crippen molar-refractivity contribution in [3.05, 3.63) is 45.5 Å². The highest BCUT2D eigenvalue weighted by atomic mass is 79.9. The van der Waals surface area contributed by atoms with Gasteiger partial charge in [-0.3, -0.25) is 0 Å². The van der Waals surface area contributed by atoms with Crippen LogP contribution in [0.2, 0.25) is 5.02 Å². The molecule has 1 aromatic heterocycles. The van der Waals surface area contributed by atoms with Crippen molar-refractivity contribution in [3.63, 3.8) is 0 Å². The van der Waals surface area contributed by atoms with Gasteiger partial charge in [0.1, 0.15) is 17.6 Å². The van der Waals surface area contributed by atoms with E-state index < -0.39 is 0 Å². The molecule has 0 spiro atoms. The minimum atomic E-state index is 0.427. The highest BCUT2D eigenvalue weighted by Gasteiger charge is 2.09. The average molecular weight is 339 g/mol. The molecule has 0 atom stereocenters. The van der Waals surface area contributed by atoms with Crippen LogP contribution >= 0.6 is 27.5 Å². The molecule has 96 valence electrons. The van der Waals surface area contributed by atoms with E-state index in [1.54, 1.807) is 37.6 Å². The predicted octanol–water partition coefficient (Wildman–Crippen LogP) is 4.12. The Hall–Kier alpha value is -1.77. The van der Waals surface area contributed by atoms with Gasteiger partial charge < -0.3 is 10.1 Å². The Bertz CT molecular complexity index is 655. The van der Waals surface area contributed by atoms with Crippen molar-refractivity contribution in [3.8, 4) is 11.8 Å². The molecule has 6 heteroatoms. The summed E-state index contributed by atoms with van der Waals surface area (Å²) in [7, 11) is 1.56. The summed E-state index contributed by atoms with van der Waals surface area (Å²) >= 11 is 9.23. The van der Waals surface area contributed by atoms with E-state index in [0.29, 0.717) is 27.8 Å². The summed E-state index contributed by atoms with van der Waals surface area (Å²) in [5, 5.41) is 12.7. The fourth-order valence-electron chi connectivity index (χ4n) is 1.53. The number of halogens is 2. The van der Waals surface area contributed by atoms with Crippen molar-refractivity contribution in [1.29, 1.82) is 5.26 Å². The summed E-state index contributed by atoms with van der Waals surface area (Å²) < 4.78 is 5.97. The van der Waals surface area contributed by atoms with Crippen LogP contribution in [0.5, 0.6) is 5.75 Å². The van der Waals surface area contributed by atoms with Gasteiger partial charge in [0, 0.05) is 15.7 Å². The summed E-state index contributed by atoms with van der Waals surface area (Å²) in [5.74, 6) is 1.07. The van der Waals surface area contributed by atoms with Gasteiger partial charge in [-0.2, -0.15) is 5.26 Å². The van der Waals surface area contributed by atoms with Gasteiger partial charge >= 0.3 is 0 Å². The number of nitriles is 1. The number of benzene rings is 1. The van der Waals surface area contributed by atoms with Crippen molar-refractivity contribution in [2.75, 3.05) is 12.4 Å². The molecule has 2 rings (SSSR count). The van der Waals surface area contributed by atoms with Crippen LogP contribution in [-0.2, 0) is 0 Å². The maximum Gasteiger partial charge on any atom is 0.148 e. The standard InChI is InChI=1S/C13H9BrClN3O/c1-19-12-3-2-10(15)5-11(12)18-13-8(6-16)4-9(14)7-17-13/h2-5,7H,1H3,(H,17,18). The van der Waals surface area contributed by atoms with Crippen molar-refractivity contribution < 1.29 is 4.74 Å². The molecular formula is C13H9BrClN3O. The second-order valence-electron chi connectivity index (χ2n) is 3.63. The summed E-state index contributed by atoms with van der Waals surface area (Å²) in [6.07, 6.45) is 1.61. The monoisotopic (exact) mass is 337 g/mol. The van der Waals surface area contributed by atoms with Crippen LogP contribution < -0.4 is 10.1 Å². The molecule has 1 heterocycles. The number of nitrogens with zero attached hydrogens (tertiary/aromatic N) is 2. The van der Waals surface area contributed by atoms with Gasteiger partial charge in [-0.05, 0) is 40.2 Å². The smallest absolute Gasteiger partial charge is 0.148 e. The largest absolute Gasteiger partial charge is 0.495 e. The van der Waals surface area contributed by atoms with Crippen molar-refractivity contribution in [2.24, 2.45) is 0 Å². The maximum atomic E-state index is 9.09. The average Bonchev–Trinajstić information content (AvgIpc) is 2.41. The Kier molecular flexibility index (Phi) is 4.25. The van der Waals surface area contributed by atoms with E-state index in [0.717, 1.165) is 4.47 Å². The fraction of sp³-hybridized carbons (Fsp3) is 0.0769. The summed E-state index contributed by atoms with van der Waals surface area (Å²) in [6.45, 7) is 0. The molecule has 0 amide bonds. The molecule has 4 nitrogen and oxygen atoms in total. The number of hydrogen-bond donors (Lipinski definition) is 1. The maximum absolute atomic E-state index is 9.09. The van der Waals surface area contributed by atoms with Gasteiger partial charge in [0.25, 0.3) is 0 Å². The summed E-state index contributed by atoms with van der Waals surface area (Å²) in [6, 6.07) is 8.95. The lowest BCUT2D eigenvalue weighted by atomic mass is 10.2. The zero-order chi connectivity index (χ0) is 13.8. The van der Waals surface area contributed by atoms with Crippen LogP contribution in [0.15, 0.2) is 34.9 Å². The normalized spacial score (nSPS) is 9.79. The highest BCUT2D eigenvalue weighted by Crippen LogP contribution is 2.31. The van der Waals surface area contributed by atoms with Gasteiger partial charge in [-0.15, -0.1) is 0 Å². The quantitative estimate of drug-likeness (QED) is 0.914. The van der Waals surface area contributed by atoms with E-state index in [4.69, 9.17) is 21.6 Å². The number of aromatic nitrogens is 1. The Morgan fingerprint density at radius 3 is 2.89 bits per heavy atom. The van der Waals surface area contributed by atoms with E-state index in [1.807, 2.05) is 0 Å². The molecule has 0 aliphatic rings. The van der Waals surface area contributed by atoms with Gasteiger partial charge in [0.15, 0.2) is 0 Å². The van der Waals surface area contributed by atoms with Crippen LogP contribution in [0, 0.1) is 11.3 Å². The zero-order valence-electron chi connectivity index (χ0n) is 9.95. The molecule has 0 unspecified atom stereocenters. The Morgan fingerprint density at radius 1 is 1.42 bits per heavy atom. The third-order valence-electron chi connectivity index (χ3n) is 2.39. The molecule has 0 aliphatic carbocycles. The third kappa shape index (κ3) is 3.16. The van der Waals surface area contributed by atoms with Crippen molar-refractivity contribution in [2.45, 2.75) is 0 Å². The van der Waals surface area contributed by atoms with Gasteiger partial charge in [0.2, 0.25) is 0 Å². The number of pyridine rings is 1. The second kappa shape index (κ2) is 5.91. The zero-order valence-corrected chi connectivity index (χ0v) is 12.3. The fourth-order valence-corrected chi connectivity index (χ4v) is 2.03. The number of anilines is 2. The number of rotatable bonds is 3. The van der Waals surface area contributed by atoms with Crippen molar-refractivity contribution >= 4 is 39.0 Å². The molecule has 0 aliphatic heterocycles. The van der Waals surface area contributed by atoms with E-state index in [9.17, 15) is 0 Å². The number of ether oxygens (including phenoxy) is 1. The topological polar surface area (TPSA) is 57.9 Å². The molecule has 1 N–H and O–H groups in total. The minimum absolute atomic E-state index is 0.427. The molecule has 1 aromatic carbocycles. The first kappa shape index (κ1) is 13.7. The van der Waals surface area contributed by atoms with E-state index in [1.165, 1.54) is 0 Å². The van der Waals surface area contributed by atoms with Gasteiger partial charge in [0.05, 0.1) is 18.4 Å². The molecule has 0 saturated carbocycles. The third-order valence-corrected chi connectivity index (χ3v) is 3.06. The summed E-state index contributed by atoms with van der Waals surface area (Å²) in [5.41, 5.74) is 1.08. The van der Waals surface area contributed by atoms with Crippen LogP contribution in [0.1, 0.15) is 5.56 Å².